The van der Waals surface area contributed by atoms with E-state index in [0.717, 1.165) is 26.2 Å². The summed E-state index contributed by atoms with van der Waals surface area (Å²) in [4.78, 5) is 20.7. The van der Waals surface area contributed by atoms with Crippen LogP contribution in [0.3, 0.4) is 0 Å². The minimum Gasteiger partial charge on any atom is -0.368 e. The maximum absolute atomic E-state index is 12.3. The lowest BCUT2D eigenvalue weighted by Gasteiger charge is -2.37. The van der Waals surface area contributed by atoms with Crippen molar-refractivity contribution in [3.63, 3.8) is 0 Å². The molecular weight excluding hydrogens is 292 g/mol. The average Bonchev–Trinajstić information content (AvgIpc) is 2.95. The largest absolute Gasteiger partial charge is 0.368 e. The first-order valence-corrected chi connectivity index (χ1v) is 7.92. The van der Waals surface area contributed by atoms with Crippen molar-refractivity contribution in [1.82, 2.24) is 15.0 Å². The normalized spacial score (nSPS) is 15.1. The Bertz CT molecular complexity index is 702. The first-order chi connectivity index (χ1) is 11.0. The summed E-state index contributed by atoms with van der Waals surface area (Å²) in [6.45, 7) is 9.16. The van der Waals surface area contributed by atoms with E-state index in [4.69, 9.17) is 4.52 Å². The predicted molar refractivity (Wildman–Crippen MR) is 87.4 cm³/mol. The molecule has 2 aromatic rings. The minimum absolute atomic E-state index is 0.0615. The summed E-state index contributed by atoms with van der Waals surface area (Å²) in [5.74, 6) is 1.02. The van der Waals surface area contributed by atoms with Gasteiger partial charge in [-0.3, -0.25) is 4.79 Å². The smallest absolute Gasteiger partial charge is 0.230 e. The second kappa shape index (κ2) is 6.40. The number of hydrogen-bond acceptors (Lipinski definition) is 5. The molecule has 1 fully saturated rings. The van der Waals surface area contributed by atoms with E-state index in [0.29, 0.717) is 11.7 Å². The van der Waals surface area contributed by atoms with Gasteiger partial charge < -0.3 is 14.3 Å². The molecule has 0 bridgehead atoms. The second-order valence-corrected chi connectivity index (χ2v) is 5.99. The van der Waals surface area contributed by atoms with Crippen LogP contribution in [-0.4, -0.2) is 47.1 Å². The molecule has 2 heterocycles. The zero-order valence-electron chi connectivity index (χ0n) is 13.9. The third-order valence-electron chi connectivity index (χ3n) is 4.43. The highest BCUT2D eigenvalue weighted by Crippen LogP contribution is 2.23. The summed E-state index contributed by atoms with van der Waals surface area (Å²) >= 11 is 0. The van der Waals surface area contributed by atoms with Crippen molar-refractivity contribution in [2.45, 2.75) is 27.2 Å². The van der Waals surface area contributed by atoms with Crippen LogP contribution in [0.2, 0.25) is 0 Å². The van der Waals surface area contributed by atoms with E-state index in [-0.39, 0.29) is 12.3 Å². The highest BCUT2D eigenvalue weighted by molar-refractivity contribution is 5.78. The molecule has 1 aliphatic heterocycles. The monoisotopic (exact) mass is 314 g/mol. The number of nitrogens with zero attached hydrogens (tertiary/aromatic N) is 4. The molecule has 1 aliphatic rings. The van der Waals surface area contributed by atoms with Gasteiger partial charge in [0.25, 0.3) is 0 Å². The number of rotatable bonds is 3. The molecule has 23 heavy (non-hydrogen) atoms. The van der Waals surface area contributed by atoms with E-state index in [1.807, 2.05) is 4.90 Å². The van der Waals surface area contributed by atoms with E-state index in [1.54, 1.807) is 6.92 Å². The standard InChI is InChI=1S/C17H22N4O2/c1-12-5-4-6-15(13(12)2)20-7-9-21(10-8-20)17(22)11-16-18-14(3)23-19-16/h4-6H,7-11H2,1-3H3. The Labute approximate surface area is 136 Å². The molecular formula is C17H22N4O2. The number of carbonyl (C=O) groups is 1. The van der Waals surface area contributed by atoms with Gasteiger partial charge >= 0.3 is 0 Å². The van der Waals surface area contributed by atoms with Crippen molar-refractivity contribution >= 4 is 11.6 Å². The lowest BCUT2D eigenvalue weighted by molar-refractivity contribution is -0.130. The van der Waals surface area contributed by atoms with Gasteiger partial charge in [-0.15, -0.1) is 0 Å². The van der Waals surface area contributed by atoms with E-state index in [1.165, 1.54) is 16.8 Å². The summed E-state index contributed by atoms with van der Waals surface area (Å²) in [5, 5.41) is 3.79. The maximum atomic E-state index is 12.3. The number of hydrogen-bond donors (Lipinski definition) is 0. The summed E-state index contributed by atoms with van der Waals surface area (Å²) < 4.78 is 4.91. The molecule has 1 saturated heterocycles. The fourth-order valence-electron chi connectivity index (χ4n) is 2.94. The summed E-state index contributed by atoms with van der Waals surface area (Å²) in [7, 11) is 0. The van der Waals surface area contributed by atoms with Gasteiger partial charge in [-0.25, -0.2) is 0 Å². The van der Waals surface area contributed by atoms with Crippen molar-refractivity contribution < 1.29 is 9.32 Å². The van der Waals surface area contributed by atoms with Crippen LogP contribution in [0.15, 0.2) is 22.7 Å². The molecule has 1 amide bonds. The average molecular weight is 314 g/mol. The number of benzene rings is 1. The van der Waals surface area contributed by atoms with Crippen LogP contribution in [0.4, 0.5) is 5.69 Å². The van der Waals surface area contributed by atoms with Gasteiger partial charge in [0.2, 0.25) is 11.8 Å². The molecule has 6 nitrogen and oxygen atoms in total. The number of aromatic nitrogens is 2. The predicted octanol–water partition coefficient (Wildman–Crippen LogP) is 1.89. The zero-order chi connectivity index (χ0) is 16.4. The van der Waals surface area contributed by atoms with Gasteiger partial charge in [0, 0.05) is 38.8 Å². The molecule has 0 unspecified atom stereocenters. The van der Waals surface area contributed by atoms with E-state index in [2.05, 4.69) is 47.1 Å². The Morgan fingerprint density at radius 3 is 2.57 bits per heavy atom. The van der Waals surface area contributed by atoms with Gasteiger partial charge in [0.1, 0.15) is 0 Å². The molecule has 122 valence electrons. The summed E-state index contributed by atoms with van der Waals surface area (Å²) in [5.41, 5.74) is 3.88. The Hall–Kier alpha value is -2.37. The first kappa shape index (κ1) is 15.5. The number of piperazine rings is 1. The summed E-state index contributed by atoms with van der Waals surface area (Å²) in [6.07, 6.45) is 0.209. The minimum atomic E-state index is 0.0615. The van der Waals surface area contributed by atoms with Gasteiger partial charge in [0.05, 0.1) is 6.42 Å². The highest BCUT2D eigenvalue weighted by Gasteiger charge is 2.23. The second-order valence-electron chi connectivity index (χ2n) is 5.99. The van der Waals surface area contributed by atoms with Crippen molar-refractivity contribution in [3.05, 3.63) is 41.0 Å². The molecule has 0 saturated carbocycles. The van der Waals surface area contributed by atoms with Crippen LogP contribution in [0.1, 0.15) is 22.8 Å². The fraction of sp³-hybridized carbons (Fsp3) is 0.471. The van der Waals surface area contributed by atoms with Crippen molar-refractivity contribution in [2.24, 2.45) is 0 Å². The van der Waals surface area contributed by atoms with Crippen LogP contribution in [0.5, 0.6) is 0 Å². The molecule has 3 rings (SSSR count). The van der Waals surface area contributed by atoms with Crippen molar-refractivity contribution in [3.8, 4) is 0 Å². The van der Waals surface area contributed by atoms with Gasteiger partial charge in [-0.1, -0.05) is 17.3 Å². The Morgan fingerprint density at radius 1 is 1.17 bits per heavy atom. The summed E-state index contributed by atoms with van der Waals surface area (Å²) in [6, 6.07) is 6.38. The molecule has 0 atom stereocenters. The van der Waals surface area contributed by atoms with E-state index >= 15 is 0 Å². The van der Waals surface area contributed by atoms with E-state index in [9.17, 15) is 4.79 Å². The molecule has 0 aliphatic carbocycles. The van der Waals surface area contributed by atoms with E-state index < -0.39 is 0 Å². The van der Waals surface area contributed by atoms with Crippen LogP contribution in [0.25, 0.3) is 0 Å². The number of aryl methyl sites for hydroxylation is 2. The molecule has 1 aromatic heterocycles. The van der Waals surface area contributed by atoms with Gasteiger partial charge in [-0.2, -0.15) is 4.98 Å². The molecule has 1 aromatic carbocycles. The quantitative estimate of drug-likeness (QED) is 0.865. The molecule has 6 heteroatoms. The van der Waals surface area contributed by atoms with Crippen LogP contribution < -0.4 is 4.90 Å². The van der Waals surface area contributed by atoms with Crippen LogP contribution >= 0.6 is 0 Å². The van der Waals surface area contributed by atoms with Crippen LogP contribution in [-0.2, 0) is 11.2 Å². The number of amides is 1. The Balaban J connectivity index is 1.59. The topological polar surface area (TPSA) is 62.5 Å². The molecule has 0 N–H and O–H groups in total. The first-order valence-electron chi connectivity index (χ1n) is 7.92. The fourth-order valence-corrected chi connectivity index (χ4v) is 2.94. The number of anilines is 1. The third-order valence-corrected chi connectivity index (χ3v) is 4.43. The SMILES string of the molecule is Cc1nc(CC(=O)N2CCN(c3cccc(C)c3C)CC2)no1. The Kier molecular flexibility index (Phi) is 4.32. The molecule has 0 spiro atoms. The Morgan fingerprint density at radius 2 is 1.91 bits per heavy atom. The maximum Gasteiger partial charge on any atom is 0.230 e. The zero-order valence-corrected chi connectivity index (χ0v) is 13.9. The van der Waals surface area contributed by atoms with Crippen molar-refractivity contribution in [2.75, 3.05) is 31.1 Å². The van der Waals surface area contributed by atoms with Crippen molar-refractivity contribution in [1.29, 1.82) is 0 Å². The number of carbonyl (C=O) groups excluding carboxylic acids is 1. The third kappa shape index (κ3) is 3.36. The lowest BCUT2D eigenvalue weighted by Crippen LogP contribution is -2.49. The van der Waals surface area contributed by atoms with Gasteiger partial charge in [0.15, 0.2) is 5.82 Å². The van der Waals surface area contributed by atoms with Gasteiger partial charge in [-0.05, 0) is 31.0 Å². The highest BCUT2D eigenvalue weighted by atomic mass is 16.5. The lowest BCUT2D eigenvalue weighted by atomic mass is 10.1. The van der Waals surface area contributed by atoms with Crippen LogP contribution in [0, 0.1) is 20.8 Å². The molecule has 0 radical (unpaired) electrons.